The van der Waals surface area contributed by atoms with E-state index < -0.39 is 15.3 Å². The Kier molecular flexibility index (Phi) is 4.30. The molecule has 5 nitrogen and oxygen atoms in total. The van der Waals surface area contributed by atoms with Gasteiger partial charge in [0.05, 0.1) is 12.1 Å². The van der Waals surface area contributed by atoms with Gasteiger partial charge in [-0.25, -0.2) is 8.42 Å². The van der Waals surface area contributed by atoms with Crippen LogP contribution in [0.2, 0.25) is 0 Å². The summed E-state index contributed by atoms with van der Waals surface area (Å²) in [7, 11) is -2.05. The van der Waals surface area contributed by atoms with E-state index in [0.29, 0.717) is 11.4 Å². The van der Waals surface area contributed by atoms with Crippen LogP contribution in [-0.2, 0) is 10.0 Å². The molecule has 0 radical (unpaired) electrons. The van der Waals surface area contributed by atoms with Crippen LogP contribution >= 0.6 is 12.2 Å². The van der Waals surface area contributed by atoms with Gasteiger partial charge in [0.2, 0.25) is 10.0 Å². The molecule has 0 aliphatic carbocycles. The van der Waals surface area contributed by atoms with E-state index in [1.165, 1.54) is 14.0 Å². The molecule has 1 rings (SSSR count). The van der Waals surface area contributed by atoms with Crippen molar-refractivity contribution in [3.8, 4) is 5.75 Å². The van der Waals surface area contributed by atoms with Gasteiger partial charge in [0.15, 0.2) is 0 Å². The van der Waals surface area contributed by atoms with Crippen LogP contribution in [0.1, 0.15) is 6.92 Å². The van der Waals surface area contributed by atoms with E-state index in [1.54, 1.807) is 24.3 Å². The van der Waals surface area contributed by atoms with Crippen LogP contribution in [0.15, 0.2) is 24.3 Å². The van der Waals surface area contributed by atoms with Crippen molar-refractivity contribution in [2.45, 2.75) is 12.2 Å². The average molecular weight is 274 g/mol. The average Bonchev–Trinajstić information content (AvgIpc) is 2.28. The Bertz CT molecular complexity index is 497. The van der Waals surface area contributed by atoms with Crippen LogP contribution in [0.4, 0.5) is 5.69 Å². The molecular weight excluding hydrogens is 260 g/mol. The maximum atomic E-state index is 11.8. The third-order valence-corrected chi connectivity index (χ3v) is 4.42. The minimum Gasteiger partial charge on any atom is -0.497 e. The lowest BCUT2D eigenvalue weighted by Gasteiger charge is -2.13. The van der Waals surface area contributed by atoms with Crippen molar-refractivity contribution in [2.75, 3.05) is 11.8 Å². The van der Waals surface area contributed by atoms with Crippen molar-refractivity contribution in [1.82, 2.24) is 0 Å². The monoisotopic (exact) mass is 274 g/mol. The number of ether oxygens (including phenoxy) is 1. The van der Waals surface area contributed by atoms with Crippen molar-refractivity contribution in [2.24, 2.45) is 5.73 Å². The molecule has 3 N–H and O–H groups in total. The molecule has 1 atom stereocenters. The van der Waals surface area contributed by atoms with Crippen molar-refractivity contribution >= 4 is 32.9 Å². The number of thiocarbonyl (C=S) groups is 1. The molecule has 1 aromatic rings. The Morgan fingerprint density at radius 3 is 2.35 bits per heavy atom. The third-order valence-electron chi connectivity index (χ3n) is 2.22. The van der Waals surface area contributed by atoms with Gasteiger partial charge in [-0.2, -0.15) is 0 Å². The molecule has 0 heterocycles. The Morgan fingerprint density at radius 1 is 1.41 bits per heavy atom. The molecule has 0 saturated carbocycles. The molecule has 17 heavy (non-hydrogen) atoms. The number of hydrogen-bond acceptors (Lipinski definition) is 4. The van der Waals surface area contributed by atoms with Crippen LogP contribution in [0.25, 0.3) is 0 Å². The number of anilines is 1. The number of sulfonamides is 1. The van der Waals surface area contributed by atoms with Gasteiger partial charge in [-0.3, -0.25) is 4.72 Å². The fraction of sp³-hybridized carbons (Fsp3) is 0.300. The first-order valence-electron chi connectivity index (χ1n) is 4.82. The van der Waals surface area contributed by atoms with Gasteiger partial charge >= 0.3 is 0 Å². The highest BCUT2D eigenvalue weighted by atomic mass is 32.2. The summed E-state index contributed by atoms with van der Waals surface area (Å²) in [5, 5.41) is -0.917. The molecular formula is C10H14N2O3S2. The number of rotatable bonds is 5. The standard InChI is InChI=1S/C10H14N2O3S2/c1-7(10(11)16)17(13,14)12-8-3-5-9(15-2)6-4-8/h3-7,12H,1-2H3,(H2,11,16). The molecule has 0 fully saturated rings. The molecule has 0 bridgehead atoms. The minimum atomic E-state index is -3.59. The molecule has 0 saturated heterocycles. The summed E-state index contributed by atoms with van der Waals surface area (Å²) in [6.45, 7) is 1.44. The van der Waals surface area contributed by atoms with Crippen molar-refractivity contribution in [1.29, 1.82) is 0 Å². The second-order valence-electron chi connectivity index (χ2n) is 3.42. The van der Waals surface area contributed by atoms with E-state index in [2.05, 4.69) is 16.9 Å². The van der Waals surface area contributed by atoms with Crippen LogP contribution < -0.4 is 15.2 Å². The Balaban J connectivity index is 2.86. The topological polar surface area (TPSA) is 81.4 Å². The van der Waals surface area contributed by atoms with E-state index in [9.17, 15) is 8.42 Å². The highest BCUT2D eigenvalue weighted by Gasteiger charge is 2.22. The first-order chi connectivity index (χ1) is 7.86. The number of hydrogen-bond donors (Lipinski definition) is 2. The fourth-order valence-corrected chi connectivity index (χ4v) is 2.39. The number of benzene rings is 1. The largest absolute Gasteiger partial charge is 0.497 e. The number of methoxy groups -OCH3 is 1. The van der Waals surface area contributed by atoms with Gasteiger partial charge in [0.1, 0.15) is 11.0 Å². The van der Waals surface area contributed by atoms with E-state index in [4.69, 9.17) is 10.5 Å². The van der Waals surface area contributed by atoms with Gasteiger partial charge in [-0.05, 0) is 31.2 Å². The molecule has 1 unspecified atom stereocenters. The molecule has 0 spiro atoms. The first-order valence-corrected chi connectivity index (χ1v) is 6.77. The maximum absolute atomic E-state index is 11.8. The molecule has 0 aliphatic rings. The molecule has 1 aromatic carbocycles. The highest BCUT2D eigenvalue weighted by molar-refractivity contribution is 7.95. The van der Waals surface area contributed by atoms with Crippen molar-refractivity contribution in [3.63, 3.8) is 0 Å². The first kappa shape index (κ1) is 13.7. The quantitative estimate of drug-likeness (QED) is 0.786. The smallest absolute Gasteiger partial charge is 0.241 e. The molecule has 0 aliphatic heterocycles. The zero-order valence-electron chi connectivity index (χ0n) is 9.51. The summed E-state index contributed by atoms with van der Waals surface area (Å²) in [6.07, 6.45) is 0. The SMILES string of the molecule is COc1ccc(NS(=O)(=O)C(C)C(N)=S)cc1. The highest BCUT2D eigenvalue weighted by Crippen LogP contribution is 2.17. The predicted molar refractivity (Wildman–Crippen MR) is 71.8 cm³/mol. The van der Waals surface area contributed by atoms with Crippen LogP contribution in [0.5, 0.6) is 5.75 Å². The third kappa shape index (κ3) is 3.57. The molecule has 7 heteroatoms. The summed E-state index contributed by atoms with van der Waals surface area (Å²) >= 11 is 4.66. The van der Waals surface area contributed by atoms with Gasteiger partial charge in [0, 0.05) is 5.69 Å². The fourth-order valence-electron chi connectivity index (χ4n) is 1.06. The summed E-state index contributed by atoms with van der Waals surface area (Å²) in [5.41, 5.74) is 5.75. The Hall–Kier alpha value is -1.34. The maximum Gasteiger partial charge on any atom is 0.241 e. The Morgan fingerprint density at radius 2 is 1.94 bits per heavy atom. The van der Waals surface area contributed by atoms with Gasteiger partial charge < -0.3 is 10.5 Å². The summed E-state index contributed by atoms with van der Waals surface area (Å²) in [6, 6.07) is 6.51. The Labute approximate surface area is 106 Å². The van der Waals surface area contributed by atoms with Gasteiger partial charge in [0.25, 0.3) is 0 Å². The van der Waals surface area contributed by atoms with E-state index in [1.807, 2.05) is 0 Å². The zero-order chi connectivity index (χ0) is 13.1. The lowest BCUT2D eigenvalue weighted by molar-refractivity contribution is 0.415. The van der Waals surface area contributed by atoms with Crippen LogP contribution in [0.3, 0.4) is 0 Å². The number of nitrogens with one attached hydrogen (secondary N) is 1. The minimum absolute atomic E-state index is 0.0639. The normalized spacial score (nSPS) is 12.8. The second-order valence-corrected chi connectivity index (χ2v) is 5.89. The van der Waals surface area contributed by atoms with Crippen LogP contribution in [0, 0.1) is 0 Å². The summed E-state index contributed by atoms with van der Waals surface area (Å²) in [5.74, 6) is 0.648. The van der Waals surface area contributed by atoms with Crippen molar-refractivity contribution < 1.29 is 13.2 Å². The predicted octanol–water partition coefficient (Wildman–Crippen LogP) is 1.11. The van der Waals surface area contributed by atoms with E-state index in [-0.39, 0.29) is 4.99 Å². The second kappa shape index (κ2) is 5.33. The zero-order valence-corrected chi connectivity index (χ0v) is 11.1. The summed E-state index contributed by atoms with van der Waals surface area (Å²) in [4.78, 5) is -0.0639. The lowest BCUT2D eigenvalue weighted by Crippen LogP contribution is -2.35. The lowest BCUT2D eigenvalue weighted by atomic mass is 10.3. The van der Waals surface area contributed by atoms with Crippen molar-refractivity contribution in [3.05, 3.63) is 24.3 Å². The summed E-state index contributed by atoms with van der Waals surface area (Å²) < 4.78 is 30.9. The molecule has 0 aromatic heterocycles. The van der Waals surface area contributed by atoms with Gasteiger partial charge in [-0.1, -0.05) is 12.2 Å². The molecule has 0 amide bonds. The van der Waals surface area contributed by atoms with E-state index >= 15 is 0 Å². The van der Waals surface area contributed by atoms with E-state index in [0.717, 1.165) is 0 Å². The van der Waals surface area contributed by atoms with Gasteiger partial charge in [-0.15, -0.1) is 0 Å². The number of nitrogens with two attached hydrogens (primary N) is 1. The van der Waals surface area contributed by atoms with Crippen LogP contribution in [-0.4, -0.2) is 25.8 Å². The molecule has 94 valence electrons.